The first-order valence-electron chi connectivity index (χ1n) is 8.62. The number of rotatable bonds is 5. The SMILES string of the molecule is CN(C(N)=NCC1CCN(Cc2ccccc2Cl)CC1)C1CC1. The highest BCUT2D eigenvalue weighted by Gasteiger charge is 2.27. The predicted molar refractivity (Wildman–Crippen MR) is 96.7 cm³/mol. The van der Waals surface area contributed by atoms with Crippen LogP contribution < -0.4 is 5.73 Å². The molecule has 0 bridgehead atoms. The molecule has 4 nitrogen and oxygen atoms in total. The van der Waals surface area contributed by atoms with Crippen LogP contribution in [0.3, 0.4) is 0 Å². The van der Waals surface area contributed by atoms with Crippen LogP contribution in [0.2, 0.25) is 5.02 Å². The smallest absolute Gasteiger partial charge is 0.191 e. The number of hydrogen-bond donors (Lipinski definition) is 1. The lowest BCUT2D eigenvalue weighted by molar-refractivity contribution is 0.180. The van der Waals surface area contributed by atoms with Crippen LogP contribution >= 0.6 is 11.6 Å². The van der Waals surface area contributed by atoms with Gasteiger partial charge in [0.2, 0.25) is 0 Å². The van der Waals surface area contributed by atoms with E-state index in [-0.39, 0.29) is 0 Å². The maximum atomic E-state index is 6.25. The van der Waals surface area contributed by atoms with Crippen LogP contribution in [-0.4, -0.2) is 48.5 Å². The number of guanidine groups is 1. The van der Waals surface area contributed by atoms with Gasteiger partial charge in [0.05, 0.1) is 0 Å². The molecule has 1 aliphatic carbocycles. The Balaban J connectivity index is 1.43. The van der Waals surface area contributed by atoms with E-state index >= 15 is 0 Å². The molecule has 5 heteroatoms. The minimum Gasteiger partial charge on any atom is -0.370 e. The summed E-state index contributed by atoms with van der Waals surface area (Å²) in [7, 11) is 2.06. The fourth-order valence-corrected chi connectivity index (χ4v) is 3.37. The van der Waals surface area contributed by atoms with Crippen LogP contribution in [0.1, 0.15) is 31.2 Å². The molecule has 2 aliphatic rings. The zero-order valence-corrected chi connectivity index (χ0v) is 14.7. The molecule has 1 aromatic rings. The summed E-state index contributed by atoms with van der Waals surface area (Å²) in [6, 6.07) is 8.77. The van der Waals surface area contributed by atoms with Gasteiger partial charge in [0, 0.05) is 31.2 Å². The van der Waals surface area contributed by atoms with E-state index in [0.29, 0.717) is 17.9 Å². The van der Waals surface area contributed by atoms with Crippen molar-refractivity contribution in [1.82, 2.24) is 9.80 Å². The molecule has 0 unspecified atom stereocenters. The van der Waals surface area contributed by atoms with E-state index in [2.05, 4.69) is 34.0 Å². The fraction of sp³-hybridized carbons (Fsp3) is 0.611. The Morgan fingerprint density at radius 1 is 1.26 bits per heavy atom. The summed E-state index contributed by atoms with van der Waals surface area (Å²) in [4.78, 5) is 9.23. The summed E-state index contributed by atoms with van der Waals surface area (Å²) in [5.41, 5.74) is 7.30. The van der Waals surface area contributed by atoms with Crippen LogP contribution in [0.25, 0.3) is 0 Å². The number of nitrogens with zero attached hydrogens (tertiary/aromatic N) is 3. The Hall–Kier alpha value is -1.26. The molecule has 126 valence electrons. The van der Waals surface area contributed by atoms with Crippen LogP contribution in [0.4, 0.5) is 0 Å². The molecule has 1 heterocycles. The van der Waals surface area contributed by atoms with Crippen molar-refractivity contribution in [3.8, 4) is 0 Å². The number of nitrogens with two attached hydrogens (primary N) is 1. The number of halogens is 1. The molecule has 0 spiro atoms. The van der Waals surface area contributed by atoms with Gasteiger partial charge in [0.15, 0.2) is 5.96 Å². The van der Waals surface area contributed by atoms with Crippen LogP contribution in [0.15, 0.2) is 29.3 Å². The van der Waals surface area contributed by atoms with Gasteiger partial charge in [-0.05, 0) is 56.3 Å². The number of likely N-dealkylation sites (tertiary alicyclic amines) is 1. The third-order valence-electron chi connectivity index (χ3n) is 5.03. The Morgan fingerprint density at radius 3 is 2.61 bits per heavy atom. The third kappa shape index (κ3) is 4.61. The molecule has 2 fully saturated rings. The van der Waals surface area contributed by atoms with E-state index < -0.39 is 0 Å². The summed E-state index contributed by atoms with van der Waals surface area (Å²) in [5, 5.41) is 0.870. The third-order valence-corrected chi connectivity index (χ3v) is 5.40. The van der Waals surface area contributed by atoms with Gasteiger partial charge in [-0.1, -0.05) is 29.8 Å². The first-order chi connectivity index (χ1) is 11.1. The molecule has 1 aliphatic heterocycles. The highest BCUT2D eigenvalue weighted by Crippen LogP contribution is 2.25. The lowest BCUT2D eigenvalue weighted by atomic mass is 9.96. The normalized spacial score (nSPS) is 20.7. The molecular formula is C18H27ClN4. The molecule has 0 atom stereocenters. The van der Waals surface area contributed by atoms with Gasteiger partial charge in [-0.25, -0.2) is 0 Å². The first kappa shape index (κ1) is 16.6. The zero-order chi connectivity index (χ0) is 16.2. The number of piperidine rings is 1. The minimum absolute atomic E-state index is 0.635. The Bertz CT molecular complexity index is 548. The Kier molecular flexibility index (Phi) is 5.44. The standard InChI is InChI=1S/C18H27ClN4/c1-22(16-6-7-16)18(20)21-12-14-8-10-23(11-9-14)13-15-4-2-3-5-17(15)19/h2-5,14,16H,6-13H2,1H3,(H2,20,21). The molecule has 3 rings (SSSR count). The lowest BCUT2D eigenvalue weighted by Crippen LogP contribution is -2.37. The summed E-state index contributed by atoms with van der Waals surface area (Å²) in [5.74, 6) is 1.37. The number of benzene rings is 1. The number of aliphatic imine (C=N–C) groups is 1. The van der Waals surface area contributed by atoms with E-state index in [1.165, 1.54) is 31.2 Å². The maximum Gasteiger partial charge on any atom is 0.191 e. The second-order valence-electron chi connectivity index (χ2n) is 6.85. The van der Waals surface area contributed by atoms with Gasteiger partial charge in [0.25, 0.3) is 0 Å². The van der Waals surface area contributed by atoms with Crippen LogP contribution in [-0.2, 0) is 6.54 Å². The van der Waals surface area contributed by atoms with E-state index in [4.69, 9.17) is 17.3 Å². The maximum absolute atomic E-state index is 6.25. The first-order valence-corrected chi connectivity index (χ1v) is 9.00. The Labute approximate surface area is 144 Å². The highest BCUT2D eigenvalue weighted by molar-refractivity contribution is 6.31. The summed E-state index contributed by atoms with van der Waals surface area (Å²) in [6.07, 6.45) is 4.89. The predicted octanol–water partition coefficient (Wildman–Crippen LogP) is 2.96. The Morgan fingerprint density at radius 2 is 1.96 bits per heavy atom. The van der Waals surface area contributed by atoms with Gasteiger partial charge in [-0.15, -0.1) is 0 Å². The van der Waals surface area contributed by atoms with Gasteiger partial charge in [0.1, 0.15) is 0 Å². The minimum atomic E-state index is 0.635. The topological polar surface area (TPSA) is 44.9 Å². The monoisotopic (exact) mass is 334 g/mol. The van der Waals surface area contributed by atoms with Gasteiger partial charge >= 0.3 is 0 Å². The molecule has 0 aromatic heterocycles. The highest BCUT2D eigenvalue weighted by atomic mass is 35.5. The van der Waals surface area contributed by atoms with Crippen LogP contribution in [0, 0.1) is 5.92 Å². The molecule has 1 saturated carbocycles. The molecular weight excluding hydrogens is 308 g/mol. The van der Waals surface area contributed by atoms with E-state index in [0.717, 1.165) is 31.2 Å². The summed E-state index contributed by atoms with van der Waals surface area (Å²) < 4.78 is 0. The van der Waals surface area contributed by atoms with Gasteiger partial charge < -0.3 is 10.6 Å². The van der Waals surface area contributed by atoms with Crippen molar-refractivity contribution >= 4 is 17.6 Å². The molecule has 0 amide bonds. The van der Waals surface area contributed by atoms with Gasteiger partial charge in [-0.2, -0.15) is 0 Å². The molecule has 1 aromatic carbocycles. The molecule has 0 radical (unpaired) electrons. The van der Waals surface area contributed by atoms with Crippen molar-refractivity contribution in [2.24, 2.45) is 16.6 Å². The summed E-state index contributed by atoms with van der Waals surface area (Å²) in [6.45, 7) is 4.04. The van der Waals surface area contributed by atoms with Crippen molar-refractivity contribution in [3.63, 3.8) is 0 Å². The van der Waals surface area contributed by atoms with Gasteiger partial charge in [-0.3, -0.25) is 9.89 Å². The second-order valence-corrected chi connectivity index (χ2v) is 7.26. The largest absolute Gasteiger partial charge is 0.370 e. The summed E-state index contributed by atoms with van der Waals surface area (Å²) >= 11 is 6.25. The van der Waals surface area contributed by atoms with Crippen molar-refractivity contribution in [2.75, 3.05) is 26.7 Å². The van der Waals surface area contributed by atoms with Crippen molar-refractivity contribution in [2.45, 2.75) is 38.3 Å². The molecule has 2 N–H and O–H groups in total. The average molecular weight is 335 g/mol. The average Bonchev–Trinajstić information content (AvgIpc) is 3.40. The van der Waals surface area contributed by atoms with E-state index in [1.54, 1.807) is 0 Å². The van der Waals surface area contributed by atoms with Crippen LogP contribution in [0.5, 0.6) is 0 Å². The van der Waals surface area contributed by atoms with E-state index in [1.807, 2.05) is 12.1 Å². The lowest BCUT2D eigenvalue weighted by Gasteiger charge is -2.31. The zero-order valence-electron chi connectivity index (χ0n) is 13.9. The molecule has 1 saturated heterocycles. The fourth-order valence-electron chi connectivity index (χ4n) is 3.18. The number of hydrogen-bond acceptors (Lipinski definition) is 2. The van der Waals surface area contributed by atoms with Crippen molar-refractivity contribution < 1.29 is 0 Å². The second kappa shape index (κ2) is 7.54. The molecule has 23 heavy (non-hydrogen) atoms. The quantitative estimate of drug-likeness (QED) is 0.665. The van der Waals surface area contributed by atoms with Crippen molar-refractivity contribution in [1.29, 1.82) is 0 Å². The van der Waals surface area contributed by atoms with E-state index in [9.17, 15) is 0 Å². The van der Waals surface area contributed by atoms with Crippen molar-refractivity contribution in [3.05, 3.63) is 34.9 Å².